The summed E-state index contributed by atoms with van der Waals surface area (Å²) in [6, 6.07) is 3.85. The summed E-state index contributed by atoms with van der Waals surface area (Å²) in [6.07, 6.45) is 5.74. The molecule has 3 aromatic heterocycles. The van der Waals surface area contributed by atoms with E-state index in [0.29, 0.717) is 11.5 Å². The Labute approximate surface area is 196 Å². The SMILES string of the molecule is C=C(N)c1ncc(F)c(-c2cnc(N)c(C(=C)Nc3ncccc3N3CCC(C)(N)CC3)n2)n1. The van der Waals surface area contributed by atoms with Crippen LogP contribution in [0.2, 0.25) is 0 Å². The molecule has 1 aliphatic rings. The minimum atomic E-state index is -0.683. The minimum absolute atomic E-state index is 0.0742. The topological polar surface area (TPSA) is 158 Å². The number of rotatable bonds is 6. The van der Waals surface area contributed by atoms with Crippen molar-refractivity contribution < 1.29 is 4.39 Å². The molecular formula is C23H27FN10. The summed E-state index contributed by atoms with van der Waals surface area (Å²) < 4.78 is 14.5. The van der Waals surface area contributed by atoms with E-state index in [1.165, 1.54) is 6.20 Å². The zero-order valence-electron chi connectivity index (χ0n) is 18.9. The van der Waals surface area contributed by atoms with Crippen molar-refractivity contribution in [2.45, 2.75) is 25.3 Å². The van der Waals surface area contributed by atoms with Gasteiger partial charge in [0.25, 0.3) is 0 Å². The Hall–Kier alpha value is -4.12. The van der Waals surface area contributed by atoms with Crippen molar-refractivity contribution in [3.05, 3.63) is 61.2 Å². The van der Waals surface area contributed by atoms with Gasteiger partial charge < -0.3 is 27.4 Å². The maximum Gasteiger partial charge on any atom is 0.175 e. The van der Waals surface area contributed by atoms with Gasteiger partial charge >= 0.3 is 0 Å². The van der Waals surface area contributed by atoms with Crippen LogP contribution in [0.4, 0.5) is 21.7 Å². The lowest BCUT2D eigenvalue weighted by atomic mass is 9.91. The molecule has 176 valence electrons. The number of halogens is 1. The van der Waals surface area contributed by atoms with Crippen LogP contribution in [0.1, 0.15) is 31.3 Å². The Balaban J connectivity index is 1.62. The average Bonchev–Trinajstić information content (AvgIpc) is 2.80. The molecule has 0 aromatic carbocycles. The van der Waals surface area contributed by atoms with Gasteiger partial charge in [-0.3, -0.25) is 0 Å². The molecule has 4 heterocycles. The number of nitrogens with zero attached hydrogens (tertiary/aromatic N) is 6. The van der Waals surface area contributed by atoms with E-state index in [-0.39, 0.29) is 40.0 Å². The van der Waals surface area contributed by atoms with Crippen molar-refractivity contribution in [2.75, 3.05) is 29.0 Å². The molecule has 34 heavy (non-hydrogen) atoms. The summed E-state index contributed by atoms with van der Waals surface area (Å²) in [5.41, 5.74) is 19.5. The van der Waals surface area contributed by atoms with E-state index in [4.69, 9.17) is 17.2 Å². The summed E-state index contributed by atoms with van der Waals surface area (Å²) in [5.74, 6) is 0.127. The van der Waals surface area contributed by atoms with Crippen molar-refractivity contribution in [2.24, 2.45) is 11.5 Å². The van der Waals surface area contributed by atoms with Gasteiger partial charge in [0.15, 0.2) is 23.3 Å². The van der Waals surface area contributed by atoms with Crippen molar-refractivity contribution in [3.8, 4) is 11.4 Å². The van der Waals surface area contributed by atoms with Gasteiger partial charge in [-0.05, 0) is 31.9 Å². The van der Waals surface area contributed by atoms with Crippen molar-refractivity contribution in [1.82, 2.24) is 24.9 Å². The van der Waals surface area contributed by atoms with Gasteiger partial charge in [0.1, 0.15) is 17.1 Å². The van der Waals surface area contributed by atoms with Gasteiger partial charge in [-0.25, -0.2) is 29.3 Å². The number of nitrogens with two attached hydrogens (primary N) is 3. The summed E-state index contributed by atoms with van der Waals surface area (Å²) in [7, 11) is 0. The fourth-order valence-corrected chi connectivity index (χ4v) is 3.64. The van der Waals surface area contributed by atoms with Gasteiger partial charge in [-0.1, -0.05) is 13.2 Å². The average molecular weight is 463 g/mol. The van der Waals surface area contributed by atoms with Crippen LogP contribution in [-0.2, 0) is 0 Å². The van der Waals surface area contributed by atoms with Crippen LogP contribution < -0.4 is 27.4 Å². The molecule has 11 heteroatoms. The molecule has 10 nitrogen and oxygen atoms in total. The highest BCUT2D eigenvalue weighted by Gasteiger charge is 2.27. The number of nitrogens with one attached hydrogen (secondary N) is 1. The second-order valence-corrected chi connectivity index (χ2v) is 8.52. The van der Waals surface area contributed by atoms with E-state index in [1.807, 2.05) is 12.1 Å². The number of nitrogen functional groups attached to an aromatic ring is 1. The van der Waals surface area contributed by atoms with Crippen LogP contribution in [0.25, 0.3) is 22.8 Å². The van der Waals surface area contributed by atoms with Gasteiger partial charge in [-0.15, -0.1) is 0 Å². The van der Waals surface area contributed by atoms with E-state index >= 15 is 0 Å². The lowest BCUT2D eigenvalue weighted by molar-refractivity contribution is 0.364. The Kier molecular flexibility index (Phi) is 6.12. The number of pyridine rings is 1. The van der Waals surface area contributed by atoms with Gasteiger partial charge in [0.2, 0.25) is 0 Å². The van der Waals surface area contributed by atoms with Crippen molar-refractivity contribution >= 4 is 28.7 Å². The first-order chi connectivity index (χ1) is 16.1. The van der Waals surface area contributed by atoms with E-state index in [2.05, 4.69) is 55.2 Å². The standard InChI is InChI=1S/C23H27FN10/c1-13(25)21-30-11-15(24)19(33-21)16-12-29-20(26)18(32-16)14(2)31-22-17(5-4-8-28-22)34-9-6-23(3,27)7-10-34/h4-5,8,11-12H,1-2,6-7,9-10,25,27H2,3H3,(H2,26,29)(H,28,31). The molecule has 0 bridgehead atoms. The smallest absolute Gasteiger partial charge is 0.175 e. The van der Waals surface area contributed by atoms with Crippen LogP contribution in [0.5, 0.6) is 0 Å². The monoisotopic (exact) mass is 462 g/mol. The van der Waals surface area contributed by atoms with E-state index < -0.39 is 5.82 Å². The molecular weight excluding hydrogens is 435 g/mol. The van der Waals surface area contributed by atoms with Gasteiger partial charge in [0.05, 0.1) is 29.5 Å². The van der Waals surface area contributed by atoms with E-state index in [9.17, 15) is 4.39 Å². The third kappa shape index (κ3) is 4.79. The summed E-state index contributed by atoms with van der Waals surface area (Å²) in [4.78, 5) is 23.2. The second-order valence-electron chi connectivity index (χ2n) is 8.52. The molecule has 4 rings (SSSR count). The number of hydrogen-bond acceptors (Lipinski definition) is 10. The molecule has 0 spiro atoms. The molecule has 0 saturated carbocycles. The molecule has 1 aliphatic heterocycles. The van der Waals surface area contributed by atoms with Crippen LogP contribution >= 0.6 is 0 Å². The summed E-state index contributed by atoms with van der Waals surface area (Å²) in [5, 5.41) is 3.19. The highest BCUT2D eigenvalue weighted by molar-refractivity contribution is 5.82. The Morgan fingerprint density at radius 1 is 1.15 bits per heavy atom. The quantitative estimate of drug-likeness (QED) is 0.428. The summed E-state index contributed by atoms with van der Waals surface area (Å²) in [6.45, 7) is 11.3. The van der Waals surface area contributed by atoms with Crippen LogP contribution in [0.15, 0.2) is 43.9 Å². The maximum atomic E-state index is 14.5. The van der Waals surface area contributed by atoms with Crippen molar-refractivity contribution in [1.29, 1.82) is 0 Å². The molecule has 1 fully saturated rings. The third-order valence-corrected chi connectivity index (χ3v) is 5.66. The third-order valence-electron chi connectivity index (χ3n) is 5.66. The fraction of sp³-hybridized carbons (Fsp3) is 0.261. The first kappa shape index (κ1) is 23.1. The molecule has 0 radical (unpaired) electrons. The molecule has 0 aliphatic carbocycles. The second kappa shape index (κ2) is 9.02. The lowest BCUT2D eigenvalue weighted by Crippen LogP contribution is -2.48. The molecule has 0 amide bonds. The Morgan fingerprint density at radius 2 is 1.88 bits per heavy atom. The molecule has 0 unspecified atom stereocenters. The van der Waals surface area contributed by atoms with Gasteiger partial charge in [-0.2, -0.15) is 0 Å². The maximum absolute atomic E-state index is 14.5. The molecule has 3 aromatic rings. The van der Waals surface area contributed by atoms with Crippen LogP contribution in [-0.4, -0.2) is 43.5 Å². The lowest BCUT2D eigenvalue weighted by Gasteiger charge is -2.38. The molecule has 1 saturated heterocycles. The predicted octanol–water partition coefficient (Wildman–Crippen LogP) is 2.38. The van der Waals surface area contributed by atoms with Crippen LogP contribution in [0, 0.1) is 5.82 Å². The number of piperidine rings is 1. The zero-order chi connectivity index (χ0) is 24.5. The van der Waals surface area contributed by atoms with Crippen LogP contribution in [0.3, 0.4) is 0 Å². The first-order valence-electron chi connectivity index (χ1n) is 10.7. The molecule has 0 atom stereocenters. The summed E-state index contributed by atoms with van der Waals surface area (Å²) >= 11 is 0. The Morgan fingerprint density at radius 3 is 2.59 bits per heavy atom. The fourth-order valence-electron chi connectivity index (χ4n) is 3.64. The van der Waals surface area contributed by atoms with Crippen molar-refractivity contribution in [3.63, 3.8) is 0 Å². The Bertz CT molecular complexity index is 1250. The van der Waals surface area contributed by atoms with E-state index in [1.54, 1.807) is 6.20 Å². The number of hydrogen-bond donors (Lipinski definition) is 4. The van der Waals surface area contributed by atoms with E-state index in [0.717, 1.165) is 37.8 Å². The van der Waals surface area contributed by atoms with Gasteiger partial charge in [0, 0.05) is 24.8 Å². The minimum Gasteiger partial charge on any atom is -0.396 e. The largest absolute Gasteiger partial charge is 0.396 e. The normalized spacial score (nSPS) is 15.1. The highest BCUT2D eigenvalue weighted by atomic mass is 19.1. The predicted molar refractivity (Wildman–Crippen MR) is 132 cm³/mol. The first-order valence-corrected chi connectivity index (χ1v) is 10.7. The zero-order valence-corrected chi connectivity index (χ0v) is 18.9. The molecule has 7 N–H and O–H groups in total. The highest BCUT2D eigenvalue weighted by Crippen LogP contribution is 2.31. The number of aromatic nitrogens is 5. The number of anilines is 3.